The summed E-state index contributed by atoms with van der Waals surface area (Å²) < 4.78 is 23.0. The second kappa shape index (κ2) is 9.98. The topological polar surface area (TPSA) is 57.2 Å². The lowest BCUT2D eigenvalue weighted by molar-refractivity contribution is 0.0507. The summed E-state index contributed by atoms with van der Waals surface area (Å²) in [6.07, 6.45) is 2.03. The van der Waals surface area contributed by atoms with Crippen LogP contribution in [-0.2, 0) is 11.3 Å². The summed E-state index contributed by atoms with van der Waals surface area (Å²) in [5, 5.41) is 0. The van der Waals surface area contributed by atoms with E-state index in [1.807, 2.05) is 41.3 Å². The number of methoxy groups -OCH3 is 3. The van der Waals surface area contributed by atoms with E-state index in [0.29, 0.717) is 35.9 Å². The number of amides is 1. The smallest absolute Gasteiger partial charge is 0.254 e. The molecule has 1 unspecified atom stereocenters. The fourth-order valence-corrected chi connectivity index (χ4v) is 3.74. The summed E-state index contributed by atoms with van der Waals surface area (Å²) in [6.45, 7) is 1.69. The Morgan fingerprint density at radius 3 is 2.28 bits per heavy atom. The highest BCUT2D eigenvalue weighted by atomic mass is 79.9. The fourth-order valence-electron chi connectivity index (χ4n) is 3.48. The third kappa shape index (κ3) is 5.22. The highest BCUT2D eigenvalue weighted by Crippen LogP contribution is 2.38. The molecule has 0 radical (unpaired) electrons. The zero-order valence-electron chi connectivity index (χ0n) is 16.9. The van der Waals surface area contributed by atoms with Crippen LogP contribution in [0.25, 0.3) is 0 Å². The van der Waals surface area contributed by atoms with Gasteiger partial charge in [0.25, 0.3) is 5.91 Å². The van der Waals surface area contributed by atoms with E-state index < -0.39 is 0 Å². The molecule has 0 bridgehead atoms. The van der Waals surface area contributed by atoms with Crippen molar-refractivity contribution < 1.29 is 23.7 Å². The highest BCUT2D eigenvalue weighted by Gasteiger charge is 2.25. The van der Waals surface area contributed by atoms with E-state index in [2.05, 4.69) is 15.9 Å². The van der Waals surface area contributed by atoms with Crippen molar-refractivity contribution >= 4 is 21.8 Å². The lowest BCUT2D eigenvalue weighted by Crippen LogP contribution is -2.37. The minimum Gasteiger partial charge on any atom is -0.493 e. The van der Waals surface area contributed by atoms with Crippen molar-refractivity contribution in [3.63, 3.8) is 0 Å². The second-order valence-electron chi connectivity index (χ2n) is 6.86. The van der Waals surface area contributed by atoms with Gasteiger partial charge in [0.15, 0.2) is 11.5 Å². The molecule has 1 amide bonds. The van der Waals surface area contributed by atoms with E-state index in [9.17, 15) is 4.79 Å². The lowest BCUT2D eigenvalue weighted by atomic mass is 10.1. The molecule has 0 spiro atoms. The first-order valence-electron chi connectivity index (χ1n) is 9.51. The van der Waals surface area contributed by atoms with Gasteiger partial charge in [0.2, 0.25) is 5.75 Å². The van der Waals surface area contributed by atoms with Gasteiger partial charge in [-0.2, -0.15) is 0 Å². The molecule has 1 aliphatic heterocycles. The molecule has 0 aromatic heterocycles. The second-order valence-corrected chi connectivity index (χ2v) is 7.78. The van der Waals surface area contributed by atoms with Gasteiger partial charge in [0.1, 0.15) is 0 Å². The molecule has 2 aromatic rings. The summed E-state index contributed by atoms with van der Waals surface area (Å²) in [4.78, 5) is 15.1. The minimum atomic E-state index is -0.0400. The molecular weight excluding hydrogens is 438 g/mol. The van der Waals surface area contributed by atoms with Gasteiger partial charge in [-0.05, 0) is 54.8 Å². The number of hydrogen-bond donors (Lipinski definition) is 0. The van der Waals surface area contributed by atoms with E-state index in [1.165, 1.54) is 0 Å². The SMILES string of the molecule is COc1cc(CN(CC2CCCO2)C(=O)c2ccc(Br)cc2)cc(OC)c1OC. The van der Waals surface area contributed by atoms with Gasteiger partial charge in [-0.25, -0.2) is 0 Å². The number of hydrogen-bond acceptors (Lipinski definition) is 5. The van der Waals surface area contributed by atoms with E-state index in [0.717, 1.165) is 29.5 Å². The van der Waals surface area contributed by atoms with E-state index >= 15 is 0 Å². The Morgan fingerprint density at radius 2 is 1.76 bits per heavy atom. The number of halogens is 1. The van der Waals surface area contributed by atoms with Crippen LogP contribution in [0, 0.1) is 0 Å². The van der Waals surface area contributed by atoms with Crippen LogP contribution in [0.2, 0.25) is 0 Å². The number of rotatable bonds is 8. The molecule has 7 heteroatoms. The van der Waals surface area contributed by atoms with Crippen LogP contribution in [-0.4, -0.2) is 51.4 Å². The fraction of sp³-hybridized carbons (Fsp3) is 0.409. The Morgan fingerprint density at radius 1 is 1.10 bits per heavy atom. The van der Waals surface area contributed by atoms with Gasteiger partial charge in [-0.1, -0.05) is 15.9 Å². The van der Waals surface area contributed by atoms with Gasteiger partial charge < -0.3 is 23.8 Å². The first kappa shape index (κ1) is 21.5. The first-order valence-corrected chi connectivity index (χ1v) is 10.3. The molecular formula is C22H26BrNO5. The van der Waals surface area contributed by atoms with Gasteiger partial charge in [0.05, 0.1) is 27.4 Å². The average Bonchev–Trinajstić information content (AvgIpc) is 3.25. The van der Waals surface area contributed by atoms with Gasteiger partial charge in [0, 0.05) is 29.7 Å². The van der Waals surface area contributed by atoms with E-state index in [1.54, 1.807) is 21.3 Å². The molecule has 1 fully saturated rings. The third-order valence-corrected chi connectivity index (χ3v) is 5.45. The molecule has 1 saturated heterocycles. The van der Waals surface area contributed by atoms with Crippen LogP contribution in [0.4, 0.5) is 0 Å². The van der Waals surface area contributed by atoms with Crippen molar-refractivity contribution in [2.75, 3.05) is 34.5 Å². The predicted molar refractivity (Wildman–Crippen MR) is 114 cm³/mol. The number of nitrogens with zero attached hydrogens (tertiary/aromatic N) is 1. The van der Waals surface area contributed by atoms with Crippen LogP contribution >= 0.6 is 15.9 Å². The molecule has 0 aliphatic carbocycles. The number of benzene rings is 2. The first-order chi connectivity index (χ1) is 14.0. The molecule has 29 heavy (non-hydrogen) atoms. The molecule has 0 saturated carbocycles. The van der Waals surface area contributed by atoms with Gasteiger partial charge in [-0.3, -0.25) is 4.79 Å². The third-order valence-electron chi connectivity index (χ3n) is 4.92. The molecule has 2 aromatic carbocycles. The van der Waals surface area contributed by atoms with Gasteiger partial charge >= 0.3 is 0 Å². The summed E-state index contributed by atoms with van der Waals surface area (Å²) >= 11 is 3.42. The van der Waals surface area contributed by atoms with Crippen molar-refractivity contribution in [1.82, 2.24) is 4.90 Å². The monoisotopic (exact) mass is 463 g/mol. The van der Waals surface area contributed by atoms with E-state index in [-0.39, 0.29) is 12.0 Å². The Bertz CT molecular complexity index is 809. The van der Waals surface area contributed by atoms with Crippen LogP contribution < -0.4 is 14.2 Å². The summed E-state index contributed by atoms with van der Waals surface area (Å²) in [6, 6.07) is 11.1. The standard InChI is InChI=1S/C22H26BrNO5/c1-26-19-11-15(12-20(27-2)21(19)28-3)13-24(14-18-5-4-10-29-18)22(25)16-6-8-17(23)9-7-16/h6-9,11-12,18H,4-5,10,13-14H2,1-3H3. The van der Waals surface area contributed by atoms with Crippen LogP contribution in [0.5, 0.6) is 17.2 Å². The van der Waals surface area contributed by atoms with Gasteiger partial charge in [-0.15, -0.1) is 0 Å². The molecule has 0 N–H and O–H groups in total. The molecule has 156 valence electrons. The summed E-state index contributed by atoms with van der Waals surface area (Å²) in [5.74, 6) is 1.62. The van der Waals surface area contributed by atoms with Crippen LogP contribution in [0.3, 0.4) is 0 Å². The Balaban J connectivity index is 1.89. The number of carbonyl (C=O) groups excluding carboxylic acids is 1. The highest BCUT2D eigenvalue weighted by molar-refractivity contribution is 9.10. The Kier molecular flexibility index (Phi) is 7.39. The maximum Gasteiger partial charge on any atom is 0.254 e. The maximum absolute atomic E-state index is 13.2. The molecule has 1 aliphatic rings. The Hall–Kier alpha value is -2.25. The summed E-state index contributed by atoms with van der Waals surface area (Å²) in [7, 11) is 4.73. The zero-order valence-corrected chi connectivity index (χ0v) is 18.5. The summed E-state index contributed by atoms with van der Waals surface area (Å²) in [5.41, 5.74) is 1.53. The van der Waals surface area contributed by atoms with Crippen molar-refractivity contribution in [2.24, 2.45) is 0 Å². The molecule has 6 nitrogen and oxygen atoms in total. The predicted octanol–water partition coefficient (Wildman–Crippen LogP) is 4.30. The molecule has 1 atom stereocenters. The quantitative estimate of drug-likeness (QED) is 0.584. The maximum atomic E-state index is 13.2. The Labute approximate surface area is 179 Å². The van der Waals surface area contributed by atoms with Crippen molar-refractivity contribution in [1.29, 1.82) is 0 Å². The van der Waals surface area contributed by atoms with Crippen molar-refractivity contribution in [2.45, 2.75) is 25.5 Å². The lowest BCUT2D eigenvalue weighted by Gasteiger charge is -2.26. The minimum absolute atomic E-state index is 0.0400. The zero-order chi connectivity index (χ0) is 20.8. The normalized spacial score (nSPS) is 15.8. The van der Waals surface area contributed by atoms with Crippen LogP contribution in [0.1, 0.15) is 28.8 Å². The van der Waals surface area contributed by atoms with Crippen molar-refractivity contribution in [3.05, 3.63) is 52.0 Å². The van der Waals surface area contributed by atoms with Crippen molar-refractivity contribution in [3.8, 4) is 17.2 Å². The number of carbonyl (C=O) groups is 1. The molecule has 1 heterocycles. The van der Waals surface area contributed by atoms with Crippen LogP contribution in [0.15, 0.2) is 40.9 Å². The average molecular weight is 464 g/mol. The van der Waals surface area contributed by atoms with E-state index in [4.69, 9.17) is 18.9 Å². The number of ether oxygens (including phenoxy) is 4. The molecule has 3 rings (SSSR count). The largest absolute Gasteiger partial charge is 0.493 e.